The number of carbonyl (C=O) groups is 1. The third kappa shape index (κ3) is 3.67. The molecule has 3 heterocycles. The summed E-state index contributed by atoms with van der Waals surface area (Å²) in [7, 11) is 0. The number of nitrogens with one attached hydrogen (secondary N) is 1. The fourth-order valence-electron chi connectivity index (χ4n) is 3.39. The Bertz CT molecular complexity index is 783. The van der Waals surface area contributed by atoms with Crippen molar-refractivity contribution in [2.45, 2.75) is 12.5 Å². The summed E-state index contributed by atoms with van der Waals surface area (Å²) >= 11 is 5.98. The number of quaternary nitrogens is 1. The van der Waals surface area contributed by atoms with E-state index in [9.17, 15) is 4.79 Å². The van der Waals surface area contributed by atoms with Crippen LogP contribution in [0.25, 0.3) is 0 Å². The van der Waals surface area contributed by atoms with Gasteiger partial charge in [-0.2, -0.15) is 5.10 Å². The molecule has 0 aliphatic carbocycles. The summed E-state index contributed by atoms with van der Waals surface area (Å²) in [5.74, 6) is 0.760. The van der Waals surface area contributed by atoms with Gasteiger partial charge in [0.1, 0.15) is 24.9 Å². The van der Waals surface area contributed by atoms with Gasteiger partial charge in [0, 0.05) is 11.4 Å². The van der Waals surface area contributed by atoms with Gasteiger partial charge in [-0.15, -0.1) is 0 Å². The summed E-state index contributed by atoms with van der Waals surface area (Å²) < 4.78 is 10.9. The van der Waals surface area contributed by atoms with Crippen molar-refractivity contribution in [1.29, 1.82) is 0 Å². The van der Waals surface area contributed by atoms with Crippen molar-refractivity contribution in [3.05, 3.63) is 59.0 Å². The summed E-state index contributed by atoms with van der Waals surface area (Å²) in [4.78, 5) is 14.2. The molecule has 0 bridgehead atoms. The lowest BCUT2D eigenvalue weighted by Crippen LogP contribution is -3.15. The largest absolute Gasteiger partial charge is 0.467 e. The minimum absolute atomic E-state index is 0.00673. The van der Waals surface area contributed by atoms with Crippen LogP contribution in [0.15, 0.2) is 52.2 Å². The molecule has 0 spiro atoms. The molecule has 0 unspecified atom stereocenters. The molecule has 4 rings (SSSR count). The second kappa shape index (κ2) is 7.61. The molecular formula is C19H21ClN3O3+. The summed E-state index contributed by atoms with van der Waals surface area (Å²) in [6, 6.07) is 11.1. The first-order valence-electron chi connectivity index (χ1n) is 8.81. The number of hydrogen-bond donors (Lipinski definition) is 1. The SMILES string of the molecule is O=C(C[NH+]1CCOCC1)N1N=C(c2ccc(Cl)cc2)C[C@@H]1c1ccco1. The molecule has 7 heteroatoms. The number of amides is 1. The zero-order valence-electron chi connectivity index (χ0n) is 14.4. The van der Waals surface area contributed by atoms with E-state index in [0.717, 1.165) is 30.1 Å². The number of halogens is 1. The number of nitrogens with zero attached hydrogens (tertiary/aromatic N) is 2. The van der Waals surface area contributed by atoms with Crippen molar-refractivity contribution >= 4 is 23.2 Å². The third-order valence-corrected chi connectivity index (χ3v) is 5.07. The van der Waals surface area contributed by atoms with E-state index in [1.165, 1.54) is 4.90 Å². The maximum absolute atomic E-state index is 12.9. The molecular weight excluding hydrogens is 354 g/mol. The van der Waals surface area contributed by atoms with Gasteiger partial charge in [0.05, 0.1) is 25.2 Å². The first kappa shape index (κ1) is 17.3. The number of carbonyl (C=O) groups excluding carboxylic acids is 1. The highest BCUT2D eigenvalue weighted by atomic mass is 35.5. The predicted molar refractivity (Wildman–Crippen MR) is 97.3 cm³/mol. The van der Waals surface area contributed by atoms with Crippen LogP contribution in [0.3, 0.4) is 0 Å². The molecule has 0 saturated carbocycles. The molecule has 2 aromatic rings. The second-order valence-electron chi connectivity index (χ2n) is 6.57. The van der Waals surface area contributed by atoms with Crippen LogP contribution in [0.4, 0.5) is 0 Å². The average Bonchev–Trinajstić information content (AvgIpc) is 3.33. The van der Waals surface area contributed by atoms with Gasteiger partial charge in [-0.1, -0.05) is 23.7 Å². The Morgan fingerprint density at radius 2 is 2.00 bits per heavy atom. The normalized spacial score (nSPS) is 21.0. The van der Waals surface area contributed by atoms with E-state index in [1.54, 1.807) is 11.3 Å². The Morgan fingerprint density at radius 1 is 1.23 bits per heavy atom. The van der Waals surface area contributed by atoms with E-state index in [2.05, 4.69) is 5.10 Å². The minimum Gasteiger partial charge on any atom is -0.467 e. The lowest BCUT2D eigenvalue weighted by Gasteiger charge is -2.26. The number of benzene rings is 1. The first-order chi connectivity index (χ1) is 12.7. The Labute approximate surface area is 157 Å². The number of furan rings is 1. The van der Waals surface area contributed by atoms with Gasteiger partial charge in [-0.3, -0.25) is 4.79 Å². The zero-order valence-corrected chi connectivity index (χ0v) is 15.1. The lowest BCUT2D eigenvalue weighted by atomic mass is 10.0. The fraction of sp³-hybridized carbons (Fsp3) is 0.368. The lowest BCUT2D eigenvalue weighted by molar-refractivity contribution is -0.900. The third-order valence-electron chi connectivity index (χ3n) is 4.82. The fourth-order valence-corrected chi connectivity index (χ4v) is 3.52. The van der Waals surface area contributed by atoms with Crippen LogP contribution in [-0.2, 0) is 9.53 Å². The first-order valence-corrected chi connectivity index (χ1v) is 9.19. The minimum atomic E-state index is -0.205. The summed E-state index contributed by atoms with van der Waals surface area (Å²) in [6.45, 7) is 3.50. The smallest absolute Gasteiger partial charge is 0.298 e. The standard InChI is InChI=1S/C19H20ClN3O3/c20-15-5-3-14(4-6-15)16-12-17(18-2-1-9-26-18)23(21-16)19(24)13-22-7-10-25-11-8-22/h1-6,9,17H,7-8,10-13H2/p+1/t17-/m1/s1. The van der Waals surface area contributed by atoms with Crippen molar-refractivity contribution in [3.63, 3.8) is 0 Å². The topological polar surface area (TPSA) is 59.5 Å². The molecule has 26 heavy (non-hydrogen) atoms. The maximum Gasteiger partial charge on any atom is 0.298 e. The van der Waals surface area contributed by atoms with Gasteiger partial charge < -0.3 is 14.1 Å². The van der Waals surface area contributed by atoms with Crippen LogP contribution >= 0.6 is 11.6 Å². The van der Waals surface area contributed by atoms with Gasteiger partial charge in [-0.05, 0) is 29.8 Å². The Kier molecular flexibility index (Phi) is 5.06. The Morgan fingerprint density at radius 3 is 2.69 bits per heavy atom. The van der Waals surface area contributed by atoms with Crippen molar-refractivity contribution in [2.24, 2.45) is 5.10 Å². The monoisotopic (exact) mass is 374 g/mol. The van der Waals surface area contributed by atoms with Crippen LogP contribution in [0.1, 0.15) is 23.8 Å². The van der Waals surface area contributed by atoms with Crippen molar-refractivity contribution in [2.75, 3.05) is 32.8 Å². The van der Waals surface area contributed by atoms with Gasteiger partial charge in [-0.25, -0.2) is 5.01 Å². The molecule has 1 amide bonds. The van der Waals surface area contributed by atoms with Crippen LogP contribution in [0.5, 0.6) is 0 Å². The van der Waals surface area contributed by atoms with E-state index in [1.807, 2.05) is 36.4 Å². The highest BCUT2D eigenvalue weighted by molar-refractivity contribution is 6.30. The number of hydrazone groups is 1. The predicted octanol–water partition coefficient (Wildman–Crippen LogP) is 1.53. The molecule has 6 nitrogen and oxygen atoms in total. The van der Waals surface area contributed by atoms with Crippen LogP contribution in [0.2, 0.25) is 5.02 Å². The van der Waals surface area contributed by atoms with Crippen LogP contribution in [0, 0.1) is 0 Å². The molecule has 1 aromatic carbocycles. The molecule has 0 radical (unpaired) electrons. The number of rotatable bonds is 4. The Balaban J connectivity index is 1.56. The number of morpholine rings is 1. The summed E-state index contributed by atoms with van der Waals surface area (Å²) in [5, 5.41) is 6.91. The second-order valence-corrected chi connectivity index (χ2v) is 7.00. The van der Waals surface area contributed by atoms with E-state index in [0.29, 0.717) is 31.2 Å². The molecule has 1 N–H and O–H groups in total. The highest BCUT2D eigenvalue weighted by Crippen LogP contribution is 2.33. The molecule has 2 aliphatic heterocycles. The molecule has 2 aliphatic rings. The average molecular weight is 375 g/mol. The number of ether oxygens (including phenoxy) is 1. The van der Waals surface area contributed by atoms with E-state index in [-0.39, 0.29) is 11.9 Å². The molecule has 1 aromatic heterocycles. The van der Waals surface area contributed by atoms with Crippen molar-refractivity contribution < 1.29 is 18.8 Å². The van der Waals surface area contributed by atoms with Crippen molar-refractivity contribution in [3.8, 4) is 0 Å². The molecule has 1 fully saturated rings. The van der Waals surface area contributed by atoms with E-state index < -0.39 is 0 Å². The highest BCUT2D eigenvalue weighted by Gasteiger charge is 2.36. The van der Waals surface area contributed by atoms with Crippen LogP contribution in [-0.4, -0.2) is 49.5 Å². The molecule has 1 saturated heterocycles. The van der Waals surface area contributed by atoms with Crippen molar-refractivity contribution in [1.82, 2.24) is 5.01 Å². The quantitative estimate of drug-likeness (QED) is 0.882. The zero-order chi connectivity index (χ0) is 17.9. The summed E-state index contributed by atoms with van der Waals surface area (Å²) in [6.07, 6.45) is 2.25. The maximum atomic E-state index is 12.9. The van der Waals surface area contributed by atoms with E-state index >= 15 is 0 Å². The van der Waals surface area contributed by atoms with Gasteiger partial charge in [0.15, 0.2) is 6.54 Å². The molecule has 1 atom stereocenters. The Hall–Kier alpha value is -2.15. The summed E-state index contributed by atoms with van der Waals surface area (Å²) in [5.41, 5.74) is 1.84. The van der Waals surface area contributed by atoms with Gasteiger partial charge in [0.2, 0.25) is 0 Å². The van der Waals surface area contributed by atoms with E-state index in [4.69, 9.17) is 20.8 Å². The molecule has 136 valence electrons. The van der Waals surface area contributed by atoms with Gasteiger partial charge >= 0.3 is 0 Å². The number of hydrogen-bond acceptors (Lipinski definition) is 4. The van der Waals surface area contributed by atoms with Gasteiger partial charge in [0.25, 0.3) is 5.91 Å². The van der Waals surface area contributed by atoms with Crippen LogP contribution < -0.4 is 4.90 Å².